The third-order valence-corrected chi connectivity index (χ3v) is 2.73. The van der Waals surface area contributed by atoms with Crippen LogP contribution in [0.15, 0.2) is 36.3 Å². The molecule has 2 amide bonds. The zero-order valence-corrected chi connectivity index (χ0v) is 9.81. The van der Waals surface area contributed by atoms with Gasteiger partial charge in [-0.3, -0.25) is 9.59 Å². The van der Waals surface area contributed by atoms with Crippen LogP contribution in [0.3, 0.4) is 0 Å². The Labute approximate surface area is 112 Å². The van der Waals surface area contributed by atoms with E-state index in [1.807, 2.05) is 0 Å². The lowest BCUT2D eigenvalue weighted by Crippen LogP contribution is -2.41. The maximum atomic E-state index is 12.4. The molecular weight excluding hydrogens is 246 g/mol. The van der Waals surface area contributed by atoms with Crippen LogP contribution in [-0.2, 0) is 9.63 Å². The summed E-state index contributed by atoms with van der Waals surface area (Å²) in [6.45, 7) is 1.04. The van der Waals surface area contributed by atoms with Gasteiger partial charge in [0.1, 0.15) is 0 Å². The van der Waals surface area contributed by atoms with E-state index in [1.165, 1.54) is 18.2 Å². The standard InChI is InChI=1S/C14H9NO4/c1-8(16)19-15-13(17)10-6-2-4-9-5-3-7-11(12(9)10)14(15)18/h2-7H,1H3/i2T,4T,6T. The summed E-state index contributed by atoms with van der Waals surface area (Å²) in [4.78, 5) is 40.4. The quantitative estimate of drug-likeness (QED) is 0.736. The van der Waals surface area contributed by atoms with E-state index >= 15 is 0 Å². The van der Waals surface area contributed by atoms with Gasteiger partial charge in [0, 0.05) is 12.3 Å². The van der Waals surface area contributed by atoms with E-state index in [4.69, 9.17) is 4.11 Å². The lowest BCUT2D eigenvalue weighted by Gasteiger charge is -2.24. The molecular formula is C14H9NO4. The van der Waals surface area contributed by atoms with E-state index in [0.29, 0.717) is 5.06 Å². The van der Waals surface area contributed by atoms with Crippen LogP contribution in [0.25, 0.3) is 10.8 Å². The van der Waals surface area contributed by atoms with Gasteiger partial charge in [0.25, 0.3) is 11.8 Å². The maximum Gasteiger partial charge on any atom is 0.330 e. The second-order valence-corrected chi connectivity index (χ2v) is 3.97. The molecule has 0 unspecified atom stereocenters. The van der Waals surface area contributed by atoms with E-state index in [0.717, 1.165) is 6.92 Å². The van der Waals surface area contributed by atoms with Crippen molar-refractivity contribution in [3.05, 3.63) is 47.5 Å². The van der Waals surface area contributed by atoms with Crippen LogP contribution >= 0.6 is 0 Å². The van der Waals surface area contributed by atoms with Gasteiger partial charge in [-0.2, -0.15) is 0 Å². The van der Waals surface area contributed by atoms with Crippen molar-refractivity contribution in [3.63, 3.8) is 0 Å². The Morgan fingerprint density at radius 2 is 1.95 bits per heavy atom. The first-order valence-electron chi connectivity index (χ1n) is 6.94. The van der Waals surface area contributed by atoms with Gasteiger partial charge in [-0.25, -0.2) is 4.79 Å². The molecule has 5 nitrogen and oxygen atoms in total. The SMILES string of the molecule is [3H]c1c([3H])c2c3c(cccc3c1[3H])C(=O)N(OC(C)=O)C2=O. The molecule has 0 spiro atoms. The van der Waals surface area contributed by atoms with Crippen LogP contribution in [0.1, 0.15) is 31.8 Å². The van der Waals surface area contributed by atoms with Gasteiger partial charge in [0.15, 0.2) is 0 Å². The summed E-state index contributed by atoms with van der Waals surface area (Å²) < 4.78 is 23.6. The highest BCUT2D eigenvalue weighted by Crippen LogP contribution is 2.29. The third kappa shape index (κ3) is 1.59. The lowest BCUT2D eigenvalue weighted by molar-refractivity contribution is -0.166. The van der Waals surface area contributed by atoms with E-state index < -0.39 is 29.9 Å². The van der Waals surface area contributed by atoms with Crippen molar-refractivity contribution in [1.29, 1.82) is 0 Å². The molecule has 0 saturated carbocycles. The molecule has 0 aliphatic carbocycles. The van der Waals surface area contributed by atoms with Crippen molar-refractivity contribution >= 4 is 28.6 Å². The molecule has 2 aromatic carbocycles. The van der Waals surface area contributed by atoms with Gasteiger partial charge in [0.05, 0.1) is 15.2 Å². The van der Waals surface area contributed by atoms with E-state index in [-0.39, 0.29) is 27.9 Å². The Balaban J connectivity index is 2.42. The molecule has 1 aliphatic heterocycles. The van der Waals surface area contributed by atoms with Crippen LogP contribution in [0.4, 0.5) is 0 Å². The van der Waals surface area contributed by atoms with Crippen LogP contribution in [0, 0.1) is 0 Å². The minimum absolute atomic E-state index is 0.0513. The van der Waals surface area contributed by atoms with Gasteiger partial charge in [0.2, 0.25) is 0 Å². The number of hydroxylamine groups is 2. The fourth-order valence-electron chi connectivity index (χ4n) is 2.00. The summed E-state index contributed by atoms with van der Waals surface area (Å²) >= 11 is 0. The van der Waals surface area contributed by atoms with E-state index in [1.54, 1.807) is 0 Å². The molecule has 94 valence electrons. The van der Waals surface area contributed by atoms with Crippen molar-refractivity contribution in [3.8, 4) is 0 Å². The normalized spacial score (nSPS) is 16.1. The number of benzene rings is 2. The molecule has 2 aromatic rings. The molecule has 1 heterocycles. The second-order valence-electron chi connectivity index (χ2n) is 3.97. The van der Waals surface area contributed by atoms with E-state index in [2.05, 4.69) is 4.84 Å². The van der Waals surface area contributed by atoms with Crippen molar-refractivity contribution in [2.45, 2.75) is 6.92 Å². The molecule has 0 bridgehead atoms. The number of amides is 2. The number of carbonyl (C=O) groups is 3. The Morgan fingerprint density at radius 3 is 2.68 bits per heavy atom. The molecule has 0 fully saturated rings. The van der Waals surface area contributed by atoms with Crippen LogP contribution in [0.5, 0.6) is 0 Å². The van der Waals surface area contributed by atoms with Gasteiger partial charge < -0.3 is 4.84 Å². The molecule has 0 atom stereocenters. The average molecular weight is 261 g/mol. The Bertz CT molecular complexity index is 878. The number of carbonyl (C=O) groups excluding carboxylic acids is 3. The Kier molecular flexibility index (Phi) is 1.73. The largest absolute Gasteiger partial charge is 0.330 e. The summed E-state index contributed by atoms with van der Waals surface area (Å²) in [5.41, 5.74) is -0.164. The lowest BCUT2D eigenvalue weighted by atomic mass is 9.95. The minimum atomic E-state index is -0.984. The first-order valence-corrected chi connectivity index (χ1v) is 5.44. The van der Waals surface area contributed by atoms with E-state index in [9.17, 15) is 14.4 Å². The maximum absolute atomic E-state index is 12.4. The Hall–Kier alpha value is -2.69. The highest BCUT2D eigenvalue weighted by molar-refractivity contribution is 6.25. The first kappa shape index (κ1) is 8.42. The molecule has 1 aliphatic rings. The highest BCUT2D eigenvalue weighted by Gasteiger charge is 2.35. The molecule has 0 saturated heterocycles. The topological polar surface area (TPSA) is 63.7 Å². The average Bonchev–Trinajstić information content (AvgIpc) is 2.48. The number of nitrogens with zero attached hydrogens (tertiary/aromatic N) is 1. The zero-order chi connectivity index (χ0) is 16.2. The third-order valence-electron chi connectivity index (χ3n) is 2.73. The second kappa shape index (κ2) is 3.91. The summed E-state index contributed by atoms with van der Waals surface area (Å²) in [5.74, 6) is -2.68. The summed E-state index contributed by atoms with van der Waals surface area (Å²) in [6, 6.07) is 3.29. The molecule has 3 rings (SSSR count). The van der Waals surface area contributed by atoms with Crippen molar-refractivity contribution in [2.24, 2.45) is 0 Å². The molecule has 5 heteroatoms. The van der Waals surface area contributed by atoms with Gasteiger partial charge in [-0.05, 0) is 17.5 Å². The fourth-order valence-corrected chi connectivity index (χ4v) is 2.00. The molecule has 0 N–H and O–H groups in total. The van der Waals surface area contributed by atoms with Gasteiger partial charge >= 0.3 is 5.97 Å². The minimum Gasteiger partial charge on any atom is -0.330 e. The first-order chi connectivity index (χ1) is 10.3. The van der Waals surface area contributed by atoms with Crippen molar-refractivity contribution in [1.82, 2.24) is 5.06 Å². The summed E-state index contributed by atoms with van der Waals surface area (Å²) in [7, 11) is 0. The van der Waals surface area contributed by atoms with Gasteiger partial charge in [-0.15, -0.1) is 0 Å². The number of imide groups is 1. The van der Waals surface area contributed by atoms with Crippen LogP contribution in [0.2, 0.25) is 0 Å². The predicted molar refractivity (Wildman–Crippen MR) is 66.2 cm³/mol. The van der Waals surface area contributed by atoms with Crippen LogP contribution in [-0.4, -0.2) is 22.8 Å². The van der Waals surface area contributed by atoms with Crippen molar-refractivity contribution < 1.29 is 23.3 Å². The number of hydrogen-bond donors (Lipinski definition) is 0. The van der Waals surface area contributed by atoms with Crippen LogP contribution < -0.4 is 0 Å². The Morgan fingerprint density at radius 1 is 1.21 bits per heavy atom. The predicted octanol–water partition coefficient (Wildman–Crippen LogP) is 1.91. The molecule has 19 heavy (non-hydrogen) atoms. The smallest absolute Gasteiger partial charge is 0.330 e. The summed E-state index contributed by atoms with van der Waals surface area (Å²) in [5, 5.41) is 0.671. The highest BCUT2D eigenvalue weighted by atomic mass is 16.7. The van der Waals surface area contributed by atoms with Crippen molar-refractivity contribution in [2.75, 3.05) is 0 Å². The zero-order valence-electron chi connectivity index (χ0n) is 12.8. The number of rotatable bonds is 1. The van der Waals surface area contributed by atoms with Gasteiger partial charge in [-0.1, -0.05) is 29.3 Å². The number of hydrogen-bond acceptors (Lipinski definition) is 4. The fraction of sp³-hybridized carbons (Fsp3) is 0.0714. The molecule has 0 aromatic heterocycles. The monoisotopic (exact) mass is 261 g/mol. The molecule has 0 radical (unpaired) electrons. The summed E-state index contributed by atoms with van der Waals surface area (Å²) in [6.07, 6.45) is 0.